The highest BCUT2D eigenvalue weighted by Crippen LogP contribution is 2.22. The number of rotatable bonds is 2. The van der Waals surface area contributed by atoms with Gasteiger partial charge in [0.1, 0.15) is 5.71 Å². The predicted molar refractivity (Wildman–Crippen MR) is 72.2 cm³/mol. The van der Waals surface area contributed by atoms with Crippen molar-refractivity contribution in [3.63, 3.8) is 0 Å². The molecule has 0 atom stereocenters. The van der Waals surface area contributed by atoms with E-state index in [-0.39, 0.29) is 19.5 Å². The van der Waals surface area contributed by atoms with E-state index in [0.29, 0.717) is 16.8 Å². The maximum atomic E-state index is 12.8. The molecule has 1 aliphatic heterocycles. The number of methoxy groups -OCH3 is 1. The van der Waals surface area contributed by atoms with E-state index < -0.39 is 17.9 Å². The summed E-state index contributed by atoms with van der Waals surface area (Å²) < 4.78 is 42.9. The van der Waals surface area contributed by atoms with Gasteiger partial charge in [0.25, 0.3) is 0 Å². The minimum atomic E-state index is -4.45. The van der Waals surface area contributed by atoms with Gasteiger partial charge in [0, 0.05) is 12.1 Å². The van der Waals surface area contributed by atoms with E-state index in [0.717, 1.165) is 0 Å². The summed E-state index contributed by atoms with van der Waals surface area (Å²) in [4.78, 5) is 19.0. The zero-order valence-electron chi connectivity index (χ0n) is 11.3. The van der Waals surface area contributed by atoms with Gasteiger partial charge in [0.2, 0.25) is 0 Å². The Hall–Kier alpha value is -2.18. The number of nitrogens with zero attached hydrogens (tertiary/aromatic N) is 2. The number of carbonyl (C=O) groups excluding carboxylic acids is 1. The van der Waals surface area contributed by atoms with E-state index in [1.54, 1.807) is 12.1 Å². The molecule has 0 bridgehead atoms. The predicted octanol–water partition coefficient (Wildman–Crippen LogP) is 2.67. The van der Waals surface area contributed by atoms with E-state index >= 15 is 0 Å². The molecule has 0 spiro atoms. The lowest BCUT2D eigenvalue weighted by atomic mass is 10.0. The fraction of sp³-hybridized carbons (Fsp3) is 0.357. The molecular formula is C14H13F3N2O2. The van der Waals surface area contributed by atoms with Gasteiger partial charge in [0.05, 0.1) is 25.8 Å². The largest absolute Gasteiger partial charge is 0.465 e. The molecule has 0 saturated heterocycles. The lowest BCUT2D eigenvalue weighted by molar-refractivity contribution is -0.0599. The fourth-order valence-electron chi connectivity index (χ4n) is 1.94. The minimum absolute atomic E-state index is 0.0264. The molecule has 0 amide bonds. The summed E-state index contributed by atoms with van der Waals surface area (Å²) in [7, 11) is 1.26. The summed E-state index contributed by atoms with van der Waals surface area (Å²) in [6.45, 7) is 0.242. The van der Waals surface area contributed by atoms with Gasteiger partial charge in [-0.15, -0.1) is 0 Å². The van der Waals surface area contributed by atoms with Gasteiger partial charge in [-0.05, 0) is 17.7 Å². The SMILES string of the molecule is COC(=O)c1ccc(C2=NCCN=C(C(F)(F)F)C2)cc1. The van der Waals surface area contributed by atoms with Crippen LogP contribution in [0.3, 0.4) is 0 Å². The van der Waals surface area contributed by atoms with Crippen molar-refractivity contribution in [1.29, 1.82) is 0 Å². The molecule has 0 saturated carbocycles. The van der Waals surface area contributed by atoms with E-state index in [1.165, 1.54) is 19.2 Å². The number of esters is 1. The maximum absolute atomic E-state index is 12.8. The van der Waals surface area contributed by atoms with E-state index in [4.69, 9.17) is 0 Å². The van der Waals surface area contributed by atoms with Crippen LogP contribution in [0.25, 0.3) is 0 Å². The van der Waals surface area contributed by atoms with Crippen LogP contribution in [0.4, 0.5) is 13.2 Å². The summed E-state index contributed by atoms with van der Waals surface area (Å²) >= 11 is 0. The number of hydrogen-bond acceptors (Lipinski definition) is 4. The third kappa shape index (κ3) is 3.68. The van der Waals surface area contributed by atoms with Crippen molar-refractivity contribution in [3.8, 4) is 0 Å². The molecule has 1 aromatic carbocycles. The monoisotopic (exact) mass is 298 g/mol. The maximum Gasteiger partial charge on any atom is 0.429 e. The molecule has 0 N–H and O–H groups in total. The Morgan fingerprint density at radius 1 is 1.14 bits per heavy atom. The fourth-order valence-corrected chi connectivity index (χ4v) is 1.94. The average Bonchev–Trinajstić information content (AvgIpc) is 2.72. The van der Waals surface area contributed by atoms with Crippen molar-refractivity contribution < 1.29 is 22.7 Å². The first-order valence-corrected chi connectivity index (χ1v) is 6.24. The van der Waals surface area contributed by atoms with Crippen LogP contribution in [0, 0.1) is 0 Å². The molecule has 0 aliphatic carbocycles. The Bertz CT molecular complexity index is 589. The summed E-state index contributed by atoms with van der Waals surface area (Å²) in [5.74, 6) is -0.498. The van der Waals surface area contributed by atoms with Gasteiger partial charge in [0.15, 0.2) is 0 Å². The van der Waals surface area contributed by atoms with Crippen LogP contribution >= 0.6 is 0 Å². The molecule has 0 aromatic heterocycles. The second-order valence-electron chi connectivity index (χ2n) is 4.40. The molecular weight excluding hydrogens is 285 g/mol. The normalized spacial score (nSPS) is 15.8. The van der Waals surface area contributed by atoms with Gasteiger partial charge in [-0.25, -0.2) is 4.79 Å². The second kappa shape index (κ2) is 6.07. The zero-order chi connectivity index (χ0) is 15.5. The molecule has 4 nitrogen and oxygen atoms in total. The number of aliphatic imine (C=N–C) groups is 2. The highest BCUT2D eigenvalue weighted by molar-refractivity contribution is 6.14. The summed E-state index contributed by atoms with van der Waals surface area (Å²) in [6.07, 6.45) is -4.81. The van der Waals surface area contributed by atoms with E-state index in [9.17, 15) is 18.0 Å². The average molecular weight is 298 g/mol. The number of halogens is 3. The molecule has 21 heavy (non-hydrogen) atoms. The van der Waals surface area contributed by atoms with Crippen LogP contribution in [-0.2, 0) is 4.74 Å². The Morgan fingerprint density at radius 2 is 1.76 bits per heavy atom. The molecule has 1 heterocycles. The quantitative estimate of drug-likeness (QED) is 0.788. The number of benzene rings is 1. The van der Waals surface area contributed by atoms with Gasteiger partial charge >= 0.3 is 12.1 Å². The lowest BCUT2D eigenvalue weighted by Crippen LogP contribution is -2.25. The Balaban J connectivity index is 2.23. The van der Waals surface area contributed by atoms with E-state index in [1.807, 2.05) is 0 Å². The van der Waals surface area contributed by atoms with Gasteiger partial charge in [-0.3, -0.25) is 9.98 Å². The summed E-state index contributed by atoms with van der Waals surface area (Å²) in [5.41, 5.74) is 0.373. The van der Waals surface area contributed by atoms with Crippen molar-refractivity contribution in [2.75, 3.05) is 20.2 Å². The lowest BCUT2D eigenvalue weighted by Gasteiger charge is -2.11. The zero-order valence-corrected chi connectivity index (χ0v) is 11.3. The molecule has 112 valence electrons. The van der Waals surface area contributed by atoms with Crippen molar-refractivity contribution in [3.05, 3.63) is 35.4 Å². The molecule has 0 unspecified atom stereocenters. The first kappa shape index (κ1) is 15.2. The smallest absolute Gasteiger partial charge is 0.429 e. The molecule has 7 heteroatoms. The van der Waals surface area contributed by atoms with Crippen molar-refractivity contribution >= 4 is 17.4 Å². The molecule has 0 fully saturated rings. The topological polar surface area (TPSA) is 51.0 Å². The summed E-state index contributed by atoms with van der Waals surface area (Å²) in [5, 5.41) is 0. The first-order chi connectivity index (χ1) is 9.91. The van der Waals surface area contributed by atoms with Crippen LogP contribution in [-0.4, -0.2) is 43.8 Å². The first-order valence-electron chi connectivity index (χ1n) is 6.24. The molecule has 0 radical (unpaired) electrons. The standard InChI is InChI=1S/C14H13F3N2O2/c1-21-13(20)10-4-2-9(3-5-10)11-8-12(14(15,16)17)19-7-6-18-11/h2-5H,6-8H2,1H3. The third-order valence-electron chi connectivity index (χ3n) is 3.01. The van der Waals surface area contributed by atoms with Gasteiger partial charge in [-0.1, -0.05) is 12.1 Å². The van der Waals surface area contributed by atoms with Crippen LogP contribution in [0.5, 0.6) is 0 Å². The van der Waals surface area contributed by atoms with Gasteiger partial charge in [-0.2, -0.15) is 13.2 Å². The van der Waals surface area contributed by atoms with Crippen LogP contribution in [0.15, 0.2) is 34.3 Å². The Kier molecular flexibility index (Phi) is 4.40. The summed E-state index contributed by atoms with van der Waals surface area (Å²) in [6, 6.07) is 6.12. The highest BCUT2D eigenvalue weighted by Gasteiger charge is 2.36. The van der Waals surface area contributed by atoms with Crippen LogP contribution < -0.4 is 0 Å². The Labute approximate surface area is 119 Å². The minimum Gasteiger partial charge on any atom is -0.465 e. The number of hydrogen-bond donors (Lipinski definition) is 0. The van der Waals surface area contributed by atoms with Crippen molar-refractivity contribution in [1.82, 2.24) is 0 Å². The van der Waals surface area contributed by atoms with Crippen LogP contribution in [0.1, 0.15) is 22.3 Å². The van der Waals surface area contributed by atoms with E-state index in [2.05, 4.69) is 14.7 Å². The van der Waals surface area contributed by atoms with Gasteiger partial charge < -0.3 is 4.74 Å². The molecule has 1 aliphatic rings. The highest BCUT2D eigenvalue weighted by atomic mass is 19.4. The number of carbonyl (C=O) groups is 1. The second-order valence-corrected chi connectivity index (χ2v) is 4.40. The molecule has 1 aromatic rings. The van der Waals surface area contributed by atoms with Crippen molar-refractivity contribution in [2.24, 2.45) is 9.98 Å². The Morgan fingerprint density at radius 3 is 2.33 bits per heavy atom. The third-order valence-corrected chi connectivity index (χ3v) is 3.01. The molecule has 2 rings (SSSR count). The number of ether oxygens (including phenoxy) is 1. The van der Waals surface area contributed by atoms with Crippen LogP contribution in [0.2, 0.25) is 0 Å². The number of alkyl halides is 3. The van der Waals surface area contributed by atoms with Crippen molar-refractivity contribution in [2.45, 2.75) is 12.6 Å².